The first kappa shape index (κ1) is 25.0. The number of hydrogen-bond acceptors (Lipinski definition) is 5. The number of aromatic nitrogens is 2. The van der Waals surface area contributed by atoms with Crippen molar-refractivity contribution in [1.29, 1.82) is 0 Å². The van der Waals surface area contributed by atoms with Gasteiger partial charge in [0.05, 0.1) is 18.0 Å². The van der Waals surface area contributed by atoms with Gasteiger partial charge in [0, 0.05) is 18.1 Å². The average molecular weight is 505 g/mol. The standard InChI is InChI=1S/C27H28N4O4S/c1-19-9-7-8-12-25(19)36(33,34)30-27(32)29-23(18-21-10-5-4-6-11-21)26-28-15-16-31(26)24-14-13-22(35-3)17-20(24)2/h4-17,23H,18H2,1-3H3,(H2,29,30,32)/t23-/m0/s1. The Bertz CT molecular complexity index is 1470. The second kappa shape index (κ2) is 10.7. The molecule has 0 aliphatic carbocycles. The molecule has 0 unspecified atom stereocenters. The Kier molecular flexibility index (Phi) is 7.40. The van der Waals surface area contributed by atoms with Crippen LogP contribution < -0.4 is 14.8 Å². The first-order valence-corrected chi connectivity index (χ1v) is 12.9. The lowest BCUT2D eigenvalue weighted by Gasteiger charge is -2.21. The van der Waals surface area contributed by atoms with Crippen LogP contribution in [-0.2, 0) is 16.4 Å². The predicted octanol–water partition coefficient (Wildman–Crippen LogP) is 4.47. The Labute approximate surface area is 211 Å². The SMILES string of the molecule is COc1ccc(-n2ccnc2[C@H](Cc2ccccc2)NC(=O)NS(=O)(=O)c2ccccc2C)c(C)c1. The Morgan fingerprint density at radius 2 is 1.72 bits per heavy atom. The molecule has 0 aliphatic heterocycles. The average Bonchev–Trinajstić information content (AvgIpc) is 3.33. The van der Waals surface area contributed by atoms with E-state index in [2.05, 4.69) is 15.0 Å². The zero-order chi connectivity index (χ0) is 25.7. The molecular formula is C27H28N4O4S. The Morgan fingerprint density at radius 3 is 2.42 bits per heavy atom. The summed E-state index contributed by atoms with van der Waals surface area (Å²) in [6, 6.07) is 20.4. The molecule has 1 heterocycles. The lowest BCUT2D eigenvalue weighted by atomic mass is 10.0. The maximum Gasteiger partial charge on any atom is 0.329 e. The number of ether oxygens (including phenoxy) is 1. The third kappa shape index (κ3) is 5.58. The molecular weight excluding hydrogens is 476 g/mol. The van der Waals surface area contributed by atoms with Crippen LogP contribution in [0.1, 0.15) is 28.6 Å². The second-order valence-electron chi connectivity index (χ2n) is 8.39. The van der Waals surface area contributed by atoms with Gasteiger partial charge in [-0.1, -0.05) is 48.5 Å². The number of nitrogens with zero attached hydrogens (tertiary/aromatic N) is 2. The van der Waals surface area contributed by atoms with Crippen molar-refractivity contribution in [2.24, 2.45) is 0 Å². The topological polar surface area (TPSA) is 102 Å². The summed E-state index contributed by atoms with van der Waals surface area (Å²) in [5.74, 6) is 1.30. The molecule has 186 valence electrons. The maximum absolute atomic E-state index is 13.0. The van der Waals surface area contributed by atoms with Crippen molar-refractivity contribution in [3.8, 4) is 11.4 Å². The third-order valence-electron chi connectivity index (χ3n) is 5.84. The fourth-order valence-corrected chi connectivity index (χ4v) is 5.24. The number of carbonyl (C=O) groups excluding carboxylic acids is 1. The number of hydrogen-bond donors (Lipinski definition) is 2. The molecule has 3 aromatic carbocycles. The number of benzene rings is 3. The van der Waals surface area contributed by atoms with Crippen LogP contribution in [-0.4, -0.2) is 31.1 Å². The van der Waals surface area contributed by atoms with Crippen LogP contribution in [0.25, 0.3) is 5.69 Å². The van der Waals surface area contributed by atoms with E-state index in [-0.39, 0.29) is 4.90 Å². The molecule has 0 aliphatic rings. The Hall–Kier alpha value is -4.11. The highest BCUT2D eigenvalue weighted by molar-refractivity contribution is 7.90. The number of sulfonamides is 1. The zero-order valence-electron chi connectivity index (χ0n) is 20.3. The van der Waals surface area contributed by atoms with Gasteiger partial charge in [0.2, 0.25) is 0 Å². The smallest absolute Gasteiger partial charge is 0.329 e. The maximum atomic E-state index is 13.0. The molecule has 0 saturated carbocycles. The summed E-state index contributed by atoms with van der Waals surface area (Å²) in [4.78, 5) is 17.6. The van der Waals surface area contributed by atoms with E-state index in [1.165, 1.54) is 6.07 Å². The van der Waals surface area contributed by atoms with Crippen LogP contribution in [0.5, 0.6) is 5.75 Å². The molecule has 4 rings (SSSR count). The van der Waals surface area contributed by atoms with Gasteiger partial charge in [0.1, 0.15) is 11.6 Å². The summed E-state index contributed by atoms with van der Waals surface area (Å²) in [6.07, 6.45) is 3.87. The monoisotopic (exact) mass is 504 g/mol. The minimum Gasteiger partial charge on any atom is -0.497 e. The van der Waals surface area contributed by atoms with Crippen molar-refractivity contribution >= 4 is 16.1 Å². The summed E-state index contributed by atoms with van der Waals surface area (Å²) >= 11 is 0. The van der Waals surface area contributed by atoms with E-state index in [0.29, 0.717) is 17.8 Å². The number of rotatable bonds is 8. The van der Waals surface area contributed by atoms with Crippen molar-refractivity contribution in [3.05, 3.63) is 108 Å². The number of urea groups is 1. The summed E-state index contributed by atoms with van der Waals surface area (Å²) in [7, 11) is -2.45. The van der Waals surface area contributed by atoms with Crippen molar-refractivity contribution in [2.75, 3.05) is 7.11 Å². The van der Waals surface area contributed by atoms with Crippen molar-refractivity contribution in [2.45, 2.75) is 31.2 Å². The van der Waals surface area contributed by atoms with E-state index in [9.17, 15) is 13.2 Å². The largest absolute Gasteiger partial charge is 0.497 e. The van der Waals surface area contributed by atoms with Gasteiger partial charge in [-0.15, -0.1) is 0 Å². The molecule has 9 heteroatoms. The number of imidazole rings is 1. The van der Waals surface area contributed by atoms with Crippen LogP contribution in [0.15, 0.2) is 90.1 Å². The molecule has 36 heavy (non-hydrogen) atoms. The molecule has 0 radical (unpaired) electrons. The molecule has 1 aromatic heterocycles. The molecule has 2 amide bonds. The van der Waals surface area contributed by atoms with Crippen LogP contribution in [0.3, 0.4) is 0 Å². The molecule has 0 saturated heterocycles. The molecule has 0 fully saturated rings. The minimum atomic E-state index is -4.06. The summed E-state index contributed by atoms with van der Waals surface area (Å²) < 4.78 is 35.1. The van der Waals surface area contributed by atoms with Gasteiger partial charge >= 0.3 is 6.03 Å². The number of nitrogens with one attached hydrogen (secondary N) is 2. The van der Waals surface area contributed by atoms with Gasteiger partial charge in [0.25, 0.3) is 10.0 Å². The Balaban J connectivity index is 1.66. The summed E-state index contributed by atoms with van der Waals surface area (Å²) in [5.41, 5.74) is 3.34. The van der Waals surface area contributed by atoms with Crippen LogP contribution in [0, 0.1) is 13.8 Å². The molecule has 4 aromatic rings. The molecule has 0 spiro atoms. The first-order valence-electron chi connectivity index (χ1n) is 11.4. The highest BCUT2D eigenvalue weighted by atomic mass is 32.2. The fraction of sp³-hybridized carbons (Fsp3) is 0.185. The summed E-state index contributed by atoms with van der Waals surface area (Å²) in [6.45, 7) is 3.64. The normalized spacial score (nSPS) is 12.1. The third-order valence-corrected chi connectivity index (χ3v) is 7.33. The van der Waals surface area contributed by atoms with Crippen molar-refractivity contribution < 1.29 is 17.9 Å². The zero-order valence-corrected chi connectivity index (χ0v) is 21.1. The van der Waals surface area contributed by atoms with Crippen molar-refractivity contribution in [1.82, 2.24) is 19.6 Å². The second-order valence-corrected chi connectivity index (χ2v) is 10.0. The Morgan fingerprint density at radius 1 is 1.00 bits per heavy atom. The van der Waals surface area contributed by atoms with Gasteiger partial charge in [-0.3, -0.25) is 0 Å². The van der Waals surface area contributed by atoms with E-state index in [0.717, 1.165) is 22.6 Å². The number of carbonyl (C=O) groups is 1. The van der Waals surface area contributed by atoms with Crippen molar-refractivity contribution in [3.63, 3.8) is 0 Å². The highest BCUT2D eigenvalue weighted by Gasteiger charge is 2.25. The van der Waals surface area contributed by atoms with Crippen LogP contribution in [0.2, 0.25) is 0 Å². The van der Waals surface area contributed by atoms with E-state index >= 15 is 0 Å². The quantitative estimate of drug-likeness (QED) is 0.369. The number of amides is 2. The van der Waals surface area contributed by atoms with Gasteiger partial charge in [-0.05, 0) is 61.2 Å². The summed E-state index contributed by atoms with van der Waals surface area (Å²) in [5, 5.41) is 2.83. The van der Waals surface area contributed by atoms with Gasteiger partial charge < -0.3 is 14.6 Å². The lowest BCUT2D eigenvalue weighted by Crippen LogP contribution is -2.42. The predicted molar refractivity (Wildman–Crippen MR) is 138 cm³/mol. The van der Waals surface area contributed by atoms with Gasteiger partial charge in [0.15, 0.2) is 0 Å². The minimum absolute atomic E-state index is 0.0510. The number of methoxy groups -OCH3 is 1. The van der Waals surface area contributed by atoms with Gasteiger partial charge in [-0.25, -0.2) is 22.9 Å². The van der Waals surface area contributed by atoms with E-state index in [1.807, 2.05) is 66.2 Å². The molecule has 2 N–H and O–H groups in total. The molecule has 1 atom stereocenters. The lowest BCUT2D eigenvalue weighted by molar-refractivity contribution is 0.241. The van der Waals surface area contributed by atoms with Crippen LogP contribution in [0.4, 0.5) is 4.79 Å². The van der Waals surface area contributed by atoms with Gasteiger partial charge in [-0.2, -0.15) is 0 Å². The molecule has 0 bridgehead atoms. The highest BCUT2D eigenvalue weighted by Crippen LogP contribution is 2.25. The van der Waals surface area contributed by atoms with Crippen LogP contribution >= 0.6 is 0 Å². The van der Waals surface area contributed by atoms with E-state index < -0.39 is 22.1 Å². The van der Waals surface area contributed by atoms with E-state index in [1.54, 1.807) is 38.4 Å². The molecule has 8 nitrogen and oxygen atoms in total. The fourth-order valence-electron chi connectivity index (χ4n) is 4.08. The van der Waals surface area contributed by atoms with E-state index in [4.69, 9.17) is 4.74 Å². The first-order chi connectivity index (χ1) is 17.3. The number of aryl methyl sites for hydroxylation is 2.